The van der Waals surface area contributed by atoms with Gasteiger partial charge in [0.05, 0.1) is 12.2 Å². The Morgan fingerprint density at radius 1 is 1.25 bits per heavy atom. The van der Waals surface area contributed by atoms with Crippen molar-refractivity contribution in [1.82, 2.24) is 5.32 Å². The molecule has 1 heterocycles. The van der Waals surface area contributed by atoms with E-state index >= 15 is 0 Å². The van der Waals surface area contributed by atoms with Gasteiger partial charge in [0.25, 0.3) is 0 Å². The Hall–Kier alpha value is -1.06. The van der Waals surface area contributed by atoms with E-state index in [1.165, 1.54) is 16.8 Å². The smallest absolute Gasteiger partial charge is 0.0726 e. The first kappa shape index (κ1) is 15.3. The van der Waals surface area contributed by atoms with Gasteiger partial charge in [0.2, 0.25) is 0 Å². The van der Waals surface area contributed by atoms with Crippen molar-refractivity contribution in [3.05, 3.63) is 29.3 Å². The zero-order valence-electron chi connectivity index (χ0n) is 13.4. The van der Waals surface area contributed by atoms with Crippen LogP contribution in [-0.4, -0.2) is 31.3 Å². The van der Waals surface area contributed by atoms with Gasteiger partial charge in [-0.05, 0) is 38.0 Å². The number of anilines is 1. The quantitative estimate of drug-likeness (QED) is 0.914. The van der Waals surface area contributed by atoms with Crippen molar-refractivity contribution in [2.24, 2.45) is 0 Å². The Morgan fingerprint density at radius 2 is 1.90 bits per heavy atom. The van der Waals surface area contributed by atoms with Crippen LogP contribution in [0, 0.1) is 6.92 Å². The number of benzene rings is 1. The van der Waals surface area contributed by atoms with Crippen LogP contribution in [0.25, 0.3) is 0 Å². The molecule has 1 aromatic carbocycles. The maximum atomic E-state index is 5.81. The summed E-state index contributed by atoms with van der Waals surface area (Å²) in [6, 6.07) is 7.33. The van der Waals surface area contributed by atoms with Crippen LogP contribution in [0.4, 0.5) is 5.69 Å². The van der Waals surface area contributed by atoms with Gasteiger partial charge in [0.15, 0.2) is 0 Å². The van der Waals surface area contributed by atoms with Crippen molar-refractivity contribution < 1.29 is 4.74 Å². The molecule has 3 nitrogen and oxygen atoms in total. The van der Waals surface area contributed by atoms with Gasteiger partial charge in [0.1, 0.15) is 0 Å². The minimum atomic E-state index is 0.306. The number of morpholine rings is 1. The lowest BCUT2D eigenvalue weighted by atomic mass is 10.1. The Kier molecular flexibility index (Phi) is 5.06. The van der Waals surface area contributed by atoms with Gasteiger partial charge < -0.3 is 15.0 Å². The third-order valence-corrected chi connectivity index (χ3v) is 3.74. The average Bonchev–Trinajstić information content (AvgIpc) is 2.35. The Labute approximate surface area is 123 Å². The fourth-order valence-electron chi connectivity index (χ4n) is 2.88. The second kappa shape index (κ2) is 6.59. The molecule has 0 spiro atoms. The maximum Gasteiger partial charge on any atom is 0.0726 e. The summed E-state index contributed by atoms with van der Waals surface area (Å²) < 4.78 is 5.81. The van der Waals surface area contributed by atoms with Crippen molar-refractivity contribution in [2.75, 3.05) is 18.0 Å². The van der Waals surface area contributed by atoms with E-state index in [9.17, 15) is 0 Å². The molecule has 1 aliphatic rings. The van der Waals surface area contributed by atoms with E-state index in [0.29, 0.717) is 18.2 Å². The van der Waals surface area contributed by atoms with E-state index in [2.05, 4.69) is 63.0 Å². The van der Waals surface area contributed by atoms with Gasteiger partial charge in [-0.15, -0.1) is 0 Å². The highest BCUT2D eigenvalue weighted by Crippen LogP contribution is 2.25. The molecule has 112 valence electrons. The van der Waals surface area contributed by atoms with Crippen molar-refractivity contribution in [3.63, 3.8) is 0 Å². The highest BCUT2D eigenvalue weighted by molar-refractivity contribution is 5.55. The van der Waals surface area contributed by atoms with Gasteiger partial charge in [-0.1, -0.05) is 26.0 Å². The number of aryl methyl sites for hydroxylation is 1. The van der Waals surface area contributed by atoms with Gasteiger partial charge in [-0.25, -0.2) is 0 Å². The van der Waals surface area contributed by atoms with Gasteiger partial charge in [-0.2, -0.15) is 0 Å². The van der Waals surface area contributed by atoms with Crippen molar-refractivity contribution >= 4 is 5.69 Å². The summed E-state index contributed by atoms with van der Waals surface area (Å²) in [7, 11) is 0. The summed E-state index contributed by atoms with van der Waals surface area (Å²) in [4.78, 5) is 2.45. The minimum absolute atomic E-state index is 0.306. The molecule has 2 unspecified atom stereocenters. The molecule has 2 atom stereocenters. The normalized spacial score (nSPS) is 23.4. The number of rotatable bonds is 4. The van der Waals surface area contributed by atoms with Crippen LogP contribution in [0.5, 0.6) is 0 Å². The van der Waals surface area contributed by atoms with E-state index in [1.54, 1.807) is 0 Å². The molecule has 0 aromatic heterocycles. The minimum Gasteiger partial charge on any atom is -0.372 e. The highest BCUT2D eigenvalue weighted by atomic mass is 16.5. The number of hydrogen-bond donors (Lipinski definition) is 1. The van der Waals surface area contributed by atoms with Crippen molar-refractivity contribution in [2.45, 2.75) is 59.4 Å². The van der Waals surface area contributed by atoms with Crippen molar-refractivity contribution in [3.8, 4) is 0 Å². The fourth-order valence-corrected chi connectivity index (χ4v) is 2.88. The molecule has 20 heavy (non-hydrogen) atoms. The standard InChI is InChI=1S/C17H28N2O/c1-12(2)18-9-16-6-7-17(13(3)8-16)19-10-14(4)20-15(5)11-19/h6-8,12,14-15,18H,9-11H2,1-5H3. The predicted octanol–water partition coefficient (Wildman–Crippen LogP) is 3.11. The zero-order valence-corrected chi connectivity index (χ0v) is 13.4. The van der Waals surface area contributed by atoms with Crippen LogP contribution in [0.15, 0.2) is 18.2 Å². The Bertz CT molecular complexity index is 435. The lowest BCUT2D eigenvalue weighted by Gasteiger charge is -2.37. The lowest BCUT2D eigenvalue weighted by molar-refractivity contribution is -0.00524. The van der Waals surface area contributed by atoms with Crippen LogP contribution < -0.4 is 10.2 Å². The van der Waals surface area contributed by atoms with E-state index in [4.69, 9.17) is 4.74 Å². The summed E-state index contributed by atoms with van der Waals surface area (Å²) in [5, 5.41) is 3.47. The van der Waals surface area contributed by atoms with Crippen LogP contribution in [0.2, 0.25) is 0 Å². The van der Waals surface area contributed by atoms with Gasteiger partial charge >= 0.3 is 0 Å². The van der Waals surface area contributed by atoms with E-state index < -0.39 is 0 Å². The van der Waals surface area contributed by atoms with Crippen molar-refractivity contribution in [1.29, 1.82) is 0 Å². The molecule has 1 aliphatic heterocycles. The first-order valence-corrected chi connectivity index (χ1v) is 7.69. The van der Waals surface area contributed by atoms with Crippen LogP contribution in [-0.2, 0) is 11.3 Å². The molecular weight excluding hydrogens is 248 g/mol. The number of nitrogens with zero attached hydrogens (tertiary/aromatic N) is 1. The summed E-state index contributed by atoms with van der Waals surface area (Å²) in [5.41, 5.74) is 4.06. The second-order valence-corrected chi connectivity index (χ2v) is 6.32. The summed E-state index contributed by atoms with van der Waals surface area (Å²) in [6.45, 7) is 13.8. The summed E-state index contributed by atoms with van der Waals surface area (Å²) in [5.74, 6) is 0. The molecule has 1 aromatic rings. The summed E-state index contributed by atoms with van der Waals surface area (Å²) in [6.07, 6.45) is 0.612. The van der Waals surface area contributed by atoms with Gasteiger partial charge in [0, 0.05) is 31.4 Å². The molecule has 0 saturated carbocycles. The van der Waals surface area contributed by atoms with Crippen LogP contribution >= 0.6 is 0 Å². The molecule has 0 amide bonds. The summed E-state index contributed by atoms with van der Waals surface area (Å²) >= 11 is 0. The number of hydrogen-bond acceptors (Lipinski definition) is 3. The first-order valence-electron chi connectivity index (χ1n) is 7.69. The maximum absolute atomic E-state index is 5.81. The molecule has 0 radical (unpaired) electrons. The second-order valence-electron chi connectivity index (χ2n) is 6.32. The Morgan fingerprint density at radius 3 is 2.45 bits per heavy atom. The Balaban J connectivity index is 2.09. The van der Waals surface area contributed by atoms with Crippen LogP contribution in [0.1, 0.15) is 38.8 Å². The van der Waals surface area contributed by atoms with E-state index in [1.807, 2.05) is 0 Å². The SMILES string of the molecule is Cc1cc(CNC(C)C)ccc1N1CC(C)OC(C)C1. The van der Waals surface area contributed by atoms with E-state index in [-0.39, 0.29) is 0 Å². The number of nitrogens with one attached hydrogen (secondary N) is 1. The molecule has 3 heteroatoms. The van der Waals surface area contributed by atoms with Gasteiger partial charge in [-0.3, -0.25) is 0 Å². The average molecular weight is 276 g/mol. The molecule has 1 fully saturated rings. The number of ether oxygens (including phenoxy) is 1. The molecular formula is C17H28N2O. The van der Waals surface area contributed by atoms with Crippen LogP contribution in [0.3, 0.4) is 0 Å². The third-order valence-electron chi connectivity index (χ3n) is 3.74. The fraction of sp³-hybridized carbons (Fsp3) is 0.647. The molecule has 0 bridgehead atoms. The monoisotopic (exact) mass is 276 g/mol. The molecule has 1 N–H and O–H groups in total. The lowest BCUT2D eigenvalue weighted by Crippen LogP contribution is -2.45. The highest BCUT2D eigenvalue weighted by Gasteiger charge is 2.23. The molecule has 2 rings (SSSR count). The molecule has 0 aliphatic carbocycles. The van der Waals surface area contributed by atoms with E-state index in [0.717, 1.165) is 19.6 Å². The zero-order chi connectivity index (χ0) is 14.7. The third kappa shape index (κ3) is 3.97. The first-order chi connectivity index (χ1) is 9.45. The molecule has 1 saturated heterocycles. The largest absolute Gasteiger partial charge is 0.372 e. The topological polar surface area (TPSA) is 24.5 Å². The predicted molar refractivity (Wildman–Crippen MR) is 85.4 cm³/mol.